The Hall–Kier alpha value is -2.33. The topological polar surface area (TPSA) is 53.8 Å². The second-order valence-electron chi connectivity index (χ2n) is 7.64. The molecule has 0 spiro atoms. The maximum Gasteiger partial charge on any atom is 0.162 e. The first-order valence-corrected chi connectivity index (χ1v) is 9.82. The van der Waals surface area contributed by atoms with Crippen LogP contribution in [0.3, 0.4) is 0 Å². The Morgan fingerprint density at radius 2 is 1.93 bits per heavy atom. The fourth-order valence-corrected chi connectivity index (χ4v) is 3.56. The maximum absolute atomic E-state index is 10.7. The SMILES string of the molecule is CCOc1cccc([C@H]2CC(c3ccc(C)cc3)=N[C@@H](CC(C)C)N2)c1O. The number of nitrogens with one attached hydrogen (secondary N) is 1. The second kappa shape index (κ2) is 8.57. The lowest BCUT2D eigenvalue weighted by molar-refractivity contribution is 0.311. The molecule has 4 heteroatoms. The number of hydrogen-bond acceptors (Lipinski definition) is 4. The Morgan fingerprint density at radius 3 is 2.59 bits per heavy atom. The minimum Gasteiger partial charge on any atom is -0.504 e. The summed E-state index contributed by atoms with van der Waals surface area (Å²) >= 11 is 0. The fraction of sp³-hybridized carbons (Fsp3) is 0.435. The summed E-state index contributed by atoms with van der Waals surface area (Å²) < 4.78 is 5.58. The van der Waals surface area contributed by atoms with Crippen molar-refractivity contribution in [2.75, 3.05) is 6.61 Å². The van der Waals surface area contributed by atoms with Gasteiger partial charge in [0.25, 0.3) is 0 Å². The summed E-state index contributed by atoms with van der Waals surface area (Å²) in [6.07, 6.45) is 1.73. The van der Waals surface area contributed by atoms with Gasteiger partial charge in [-0.1, -0.05) is 55.8 Å². The van der Waals surface area contributed by atoms with Gasteiger partial charge in [-0.25, -0.2) is 0 Å². The first kappa shape index (κ1) is 19.4. The van der Waals surface area contributed by atoms with Crippen molar-refractivity contribution in [1.29, 1.82) is 0 Å². The molecular formula is C23H30N2O2. The van der Waals surface area contributed by atoms with Crippen molar-refractivity contribution >= 4 is 5.71 Å². The number of phenolic OH excluding ortho intramolecular Hbond substituents is 1. The van der Waals surface area contributed by atoms with Gasteiger partial charge >= 0.3 is 0 Å². The molecule has 0 amide bonds. The molecule has 0 aromatic heterocycles. The molecule has 2 N–H and O–H groups in total. The average Bonchev–Trinajstić information content (AvgIpc) is 2.63. The predicted octanol–water partition coefficient (Wildman–Crippen LogP) is 5.00. The predicted molar refractivity (Wildman–Crippen MR) is 111 cm³/mol. The van der Waals surface area contributed by atoms with Gasteiger partial charge in [0.1, 0.15) is 6.17 Å². The van der Waals surface area contributed by atoms with Crippen LogP contribution in [0.2, 0.25) is 0 Å². The van der Waals surface area contributed by atoms with Crippen LogP contribution in [0.25, 0.3) is 0 Å². The van der Waals surface area contributed by atoms with E-state index >= 15 is 0 Å². The number of phenols is 1. The van der Waals surface area contributed by atoms with Crippen LogP contribution in [0.5, 0.6) is 11.5 Å². The molecule has 1 aliphatic rings. The monoisotopic (exact) mass is 366 g/mol. The molecule has 2 atom stereocenters. The zero-order chi connectivity index (χ0) is 19.4. The quantitative estimate of drug-likeness (QED) is 0.757. The van der Waals surface area contributed by atoms with Crippen molar-refractivity contribution in [3.63, 3.8) is 0 Å². The first-order valence-electron chi connectivity index (χ1n) is 9.82. The Kier molecular flexibility index (Phi) is 6.17. The Bertz CT molecular complexity index is 797. The van der Waals surface area contributed by atoms with E-state index in [4.69, 9.17) is 9.73 Å². The van der Waals surface area contributed by atoms with E-state index in [0.717, 1.165) is 29.7 Å². The third kappa shape index (κ3) is 4.69. The molecule has 1 aliphatic heterocycles. The van der Waals surface area contributed by atoms with Gasteiger partial charge in [-0.15, -0.1) is 0 Å². The number of nitrogens with zero attached hydrogens (tertiary/aromatic N) is 1. The molecule has 0 bridgehead atoms. The van der Waals surface area contributed by atoms with Gasteiger partial charge < -0.3 is 9.84 Å². The molecule has 2 aromatic rings. The fourth-order valence-electron chi connectivity index (χ4n) is 3.56. The van der Waals surface area contributed by atoms with Gasteiger partial charge in [-0.05, 0) is 37.8 Å². The molecular weight excluding hydrogens is 336 g/mol. The normalized spacial score (nSPS) is 19.8. The van der Waals surface area contributed by atoms with Crippen LogP contribution in [0.4, 0.5) is 0 Å². The molecule has 0 radical (unpaired) electrons. The molecule has 3 rings (SSSR count). The van der Waals surface area contributed by atoms with Crippen molar-refractivity contribution in [2.24, 2.45) is 10.9 Å². The summed E-state index contributed by atoms with van der Waals surface area (Å²) in [5.74, 6) is 1.30. The zero-order valence-corrected chi connectivity index (χ0v) is 16.7. The first-order chi connectivity index (χ1) is 13.0. The number of aliphatic imine (C=N–C) groups is 1. The molecule has 4 nitrogen and oxygen atoms in total. The summed E-state index contributed by atoms with van der Waals surface area (Å²) in [4.78, 5) is 4.98. The number of ether oxygens (including phenoxy) is 1. The summed E-state index contributed by atoms with van der Waals surface area (Å²) in [6.45, 7) is 8.96. The molecule has 0 saturated carbocycles. The lowest BCUT2D eigenvalue weighted by Crippen LogP contribution is -2.39. The standard InChI is InChI=1S/C23H30N2O2/c1-5-27-21-8-6-7-18(23(21)26)20-14-19(17-11-9-16(4)10-12-17)24-22(25-20)13-15(2)3/h6-12,15,20,22,25-26H,5,13-14H2,1-4H3/t20-,22-/m1/s1. The molecule has 0 fully saturated rings. The Balaban J connectivity index is 1.94. The van der Waals surface area contributed by atoms with Gasteiger partial charge in [0.05, 0.1) is 6.61 Å². The highest BCUT2D eigenvalue weighted by Gasteiger charge is 2.28. The minimum absolute atomic E-state index is 0.00274. The molecule has 1 heterocycles. The van der Waals surface area contributed by atoms with Crippen molar-refractivity contribution in [3.05, 3.63) is 59.2 Å². The van der Waals surface area contributed by atoms with Crippen LogP contribution in [-0.4, -0.2) is 23.6 Å². The highest BCUT2D eigenvalue weighted by molar-refractivity contribution is 6.01. The number of rotatable bonds is 6. The third-order valence-corrected chi connectivity index (χ3v) is 4.89. The van der Waals surface area contributed by atoms with Gasteiger partial charge in [0.2, 0.25) is 0 Å². The van der Waals surface area contributed by atoms with Crippen LogP contribution < -0.4 is 10.1 Å². The largest absolute Gasteiger partial charge is 0.504 e. The van der Waals surface area contributed by atoms with Crippen molar-refractivity contribution in [3.8, 4) is 11.5 Å². The van der Waals surface area contributed by atoms with E-state index in [1.165, 1.54) is 5.56 Å². The number of hydrogen-bond donors (Lipinski definition) is 2. The van der Waals surface area contributed by atoms with E-state index < -0.39 is 0 Å². The summed E-state index contributed by atoms with van der Waals surface area (Å²) in [6, 6.07) is 14.3. The van der Waals surface area contributed by atoms with Crippen molar-refractivity contribution < 1.29 is 9.84 Å². The number of benzene rings is 2. The van der Waals surface area contributed by atoms with E-state index in [1.54, 1.807) is 0 Å². The number of aryl methyl sites for hydroxylation is 1. The molecule has 2 aromatic carbocycles. The van der Waals surface area contributed by atoms with Crippen LogP contribution in [0, 0.1) is 12.8 Å². The lowest BCUT2D eigenvalue weighted by Gasteiger charge is -2.31. The summed E-state index contributed by atoms with van der Waals surface area (Å²) in [5, 5.41) is 14.3. The highest BCUT2D eigenvalue weighted by atomic mass is 16.5. The smallest absolute Gasteiger partial charge is 0.162 e. The zero-order valence-electron chi connectivity index (χ0n) is 16.7. The molecule has 27 heavy (non-hydrogen) atoms. The summed E-state index contributed by atoms with van der Waals surface area (Å²) in [7, 11) is 0. The van der Waals surface area contributed by atoms with E-state index in [2.05, 4.69) is 50.4 Å². The van der Waals surface area contributed by atoms with Crippen molar-refractivity contribution in [1.82, 2.24) is 5.32 Å². The Morgan fingerprint density at radius 1 is 1.19 bits per heavy atom. The lowest BCUT2D eigenvalue weighted by atomic mass is 9.93. The highest BCUT2D eigenvalue weighted by Crippen LogP contribution is 2.37. The van der Waals surface area contributed by atoms with E-state index in [1.807, 2.05) is 25.1 Å². The Labute approximate surface area is 162 Å². The molecule has 144 valence electrons. The van der Waals surface area contributed by atoms with E-state index in [0.29, 0.717) is 18.3 Å². The van der Waals surface area contributed by atoms with E-state index in [-0.39, 0.29) is 18.0 Å². The minimum atomic E-state index is 0.00274. The molecule has 0 aliphatic carbocycles. The van der Waals surface area contributed by atoms with Gasteiger partial charge in [-0.3, -0.25) is 10.3 Å². The maximum atomic E-state index is 10.7. The van der Waals surface area contributed by atoms with Gasteiger partial charge in [0, 0.05) is 23.7 Å². The summed E-state index contributed by atoms with van der Waals surface area (Å²) in [5.41, 5.74) is 4.35. The van der Waals surface area contributed by atoms with Crippen LogP contribution in [0.1, 0.15) is 56.3 Å². The third-order valence-electron chi connectivity index (χ3n) is 4.89. The molecule has 0 unspecified atom stereocenters. The molecule has 0 saturated heterocycles. The number of para-hydroxylation sites is 1. The van der Waals surface area contributed by atoms with Crippen LogP contribution in [0.15, 0.2) is 47.5 Å². The van der Waals surface area contributed by atoms with Gasteiger partial charge in [-0.2, -0.15) is 0 Å². The van der Waals surface area contributed by atoms with Crippen molar-refractivity contribution in [2.45, 2.75) is 52.7 Å². The van der Waals surface area contributed by atoms with Gasteiger partial charge in [0.15, 0.2) is 11.5 Å². The van der Waals surface area contributed by atoms with Crippen LogP contribution >= 0.6 is 0 Å². The average molecular weight is 367 g/mol. The van der Waals surface area contributed by atoms with Crippen LogP contribution in [-0.2, 0) is 0 Å². The second-order valence-corrected chi connectivity index (χ2v) is 7.64. The van der Waals surface area contributed by atoms with E-state index in [9.17, 15) is 5.11 Å². The number of aromatic hydroxyl groups is 1.